The Balaban J connectivity index is 2.72. The summed E-state index contributed by atoms with van der Waals surface area (Å²) in [4.78, 5) is 17.8. The lowest BCUT2D eigenvalue weighted by Crippen LogP contribution is -2.35. The third kappa shape index (κ3) is 4.84. The van der Waals surface area contributed by atoms with Crippen LogP contribution in [0.1, 0.15) is 16.9 Å². The lowest BCUT2D eigenvalue weighted by Gasteiger charge is -2.22. The number of carbonyl (C=O) groups excluding carboxylic acids is 1. The molecule has 0 aliphatic carbocycles. The van der Waals surface area contributed by atoms with Crippen LogP contribution in [-0.2, 0) is 9.47 Å². The Kier molecular flexibility index (Phi) is 6.84. The summed E-state index contributed by atoms with van der Waals surface area (Å²) in [5.74, 6) is -0.409. The molecule has 0 spiro atoms. The molecule has 0 aliphatic rings. The summed E-state index contributed by atoms with van der Waals surface area (Å²) in [5.41, 5.74) is 0.0658. The van der Waals surface area contributed by atoms with Gasteiger partial charge in [0, 0.05) is 40.1 Å². The van der Waals surface area contributed by atoms with Crippen molar-refractivity contribution in [2.45, 2.75) is 6.42 Å². The number of pyridine rings is 1. The first kappa shape index (κ1) is 15.4. The SMILES string of the molecule is COCCCN(CCOC)C(=O)c1ncccc1O. The van der Waals surface area contributed by atoms with Gasteiger partial charge in [-0.25, -0.2) is 4.98 Å². The topological polar surface area (TPSA) is 71.9 Å². The molecule has 0 fully saturated rings. The van der Waals surface area contributed by atoms with Crippen molar-refractivity contribution in [3.63, 3.8) is 0 Å². The summed E-state index contributed by atoms with van der Waals surface area (Å²) >= 11 is 0. The third-order valence-corrected chi connectivity index (χ3v) is 2.62. The Bertz CT molecular complexity index is 398. The average Bonchev–Trinajstić information content (AvgIpc) is 2.42. The van der Waals surface area contributed by atoms with Crippen molar-refractivity contribution >= 4 is 5.91 Å². The van der Waals surface area contributed by atoms with Gasteiger partial charge < -0.3 is 19.5 Å². The molecule has 1 amide bonds. The van der Waals surface area contributed by atoms with Gasteiger partial charge in [0.25, 0.3) is 5.91 Å². The van der Waals surface area contributed by atoms with Crippen LogP contribution in [0.4, 0.5) is 0 Å². The maximum Gasteiger partial charge on any atom is 0.276 e. The molecule has 0 aromatic carbocycles. The maximum atomic E-state index is 12.3. The monoisotopic (exact) mass is 268 g/mol. The second-order valence-corrected chi connectivity index (χ2v) is 4.00. The van der Waals surface area contributed by atoms with Crippen molar-refractivity contribution in [1.82, 2.24) is 9.88 Å². The highest BCUT2D eigenvalue weighted by Gasteiger charge is 2.19. The molecule has 106 valence electrons. The van der Waals surface area contributed by atoms with E-state index >= 15 is 0 Å². The number of aromatic hydroxyl groups is 1. The van der Waals surface area contributed by atoms with Crippen molar-refractivity contribution in [3.05, 3.63) is 24.0 Å². The Labute approximate surface area is 113 Å². The molecule has 0 radical (unpaired) electrons. The van der Waals surface area contributed by atoms with E-state index in [0.29, 0.717) is 26.3 Å². The zero-order chi connectivity index (χ0) is 14.1. The number of nitrogens with zero attached hydrogens (tertiary/aromatic N) is 2. The van der Waals surface area contributed by atoms with Crippen LogP contribution in [0.15, 0.2) is 18.3 Å². The number of hydrogen-bond donors (Lipinski definition) is 1. The van der Waals surface area contributed by atoms with Crippen LogP contribution in [0, 0.1) is 0 Å². The number of hydrogen-bond acceptors (Lipinski definition) is 5. The first-order valence-corrected chi connectivity index (χ1v) is 6.11. The molecule has 0 bridgehead atoms. The quantitative estimate of drug-likeness (QED) is 0.710. The van der Waals surface area contributed by atoms with E-state index in [-0.39, 0.29) is 17.4 Å². The highest BCUT2D eigenvalue weighted by atomic mass is 16.5. The van der Waals surface area contributed by atoms with Gasteiger partial charge in [-0.15, -0.1) is 0 Å². The number of ether oxygens (including phenoxy) is 2. The van der Waals surface area contributed by atoms with Crippen molar-refractivity contribution in [3.8, 4) is 5.75 Å². The number of rotatable bonds is 8. The fourth-order valence-corrected chi connectivity index (χ4v) is 1.63. The van der Waals surface area contributed by atoms with Gasteiger partial charge in [0.2, 0.25) is 0 Å². The van der Waals surface area contributed by atoms with E-state index in [1.54, 1.807) is 25.2 Å². The molecule has 1 aromatic rings. The van der Waals surface area contributed by atoms with Crippen molar-refractivity contribution < 1.29 is 19.4 Å². The predicted molar refractivity (Wildman–Crippen MR) is 70.2 cm³/mol. The van der Waals surface area contributed by atoms with Gasteiger partial charge in [-0.1, -0.05) is 0 Å². The fourth-order valence-electron chi connectivity index (χ4n) is 1.63. The third-order valence-electron chi connectivity index (χ3n) is 2.62. The van der Waals surface area contributed by atoms with Crippen LogP contribution < -0.4 is 0 Å². The van der Waals surface area contributed by atoms with Crippen LogP contribution in [0.2, 0.25) is 0 Å². The fraction of sp³-hybridized carbons (Fsp3) is 0.538. The van der Waals surface area contributed by atoms with Gasteiger partial charge in [-0.2, -0.15) is 0 Å². The van der Waals surface area contributed by atoms with E-state index in [2.05, 4.69) is 4.98 Å². The molecule has 6 nitrogen and oxygen atoms in total. The largest absolute Gasteiger partial charge is 0.505 e. The minimum Gasteiger partial charge on any atom is -0.505 e. The van der Waals surface area contributed by atoms with Crippen molar-refractivity contribution in [1.29, 1.82) is 0 Å². The zero-order valence-electron chi connectivity index (χ0n) is 11.3. The molecule has 0 saturated carbocycles. The van der Waals surface area contributed by atoms with E-state index in [0.717, 1.165) is 6.42 Å². The molecule has 19 heavy (non-hydrogen) atoms. The molecule has 1 rings (SSSR count). The number of aromatic nitrogens is 1. The van der Waals surface area contributed by atoms with Gasteiger partial charge in [0.05, 0.1) is 6.61 Å². The van der Waals surface area contributed by atoms with Gasteiger partial charge in [0.15, 0.2) is 5.69 Å². The van der Waals surface area contributed by atoms with E-state index in [1.807, 2.05) is 0 Å². The summed E-state index contributed by atoms with van der Waals surface area (Å²) < 4.78 is 9.96. The summed E-state index contributed by atoms with van der Waals surface area (Å²) in [6, 6.07) is 3.03. The van der Waals surface area contributed by atoms with E-state index in [4.69, 9.17) is 9.47 Å². The number of methoxy groups -OCH3 is 2. The molecular formula is C13H20N2O4. The molecule has 6 heteroatoms. The van der Waals surface area contributed by atoms with Crippen LogP contribution >= 0.6 is 0 Å². The molecule has 0 atom stereocenters. The highest BCUT2D eigenvalue weighted by molar-refractivity contribution is 5.94. The Morgan fingerprint density at radius 3 is 2.68 bits per heavy atom. The van der Waals surface area contributed by atoms with Crippen LogP contribution in [0.3, 0.4) is 0 Å². The summed E-state index contributed by atoms with van der Waals surface area (Å²) in [5, 5.41) is 9.66. The van der Waals surface area contributed by atoms with E-state index < -0.39 is 0 Å². The van der Waals surface area contributed by atoms with Crippen molar-refractivity contribution in [2.24, 2.45) is 0 Å². The molecule has 1 heterocycles. The first-order chi connectivity index (χ1) is 9.20. The molecular weight excluding hydrogens is 248 g/mol. The van der Waals surface area contributed by atoms with Crippen LogP contribution in [-0.4, -0.2) is 61.4 Å². The molecule has 1 N–H and O–H groups in total. The highest BCUT2D eigenvalue weighted by Crippen LogP contribution is 2.15. The molecule has 0 aliphatic heterocycles. The lowest BCUT2D eigenvalue weighted by atomic mass is 10.2. The van der Waals surface area contributed by atoms with Gasteiger partial charge in [-0.05, 0) is 18.6 Å². The zero-order valence-corrected chi connectivity index (χ0v) is 11.3. The summed E-state index contributed by atoms with van der Waals surface area (Å²) in [7, 11) is 3.20. The molecule has 0 unspecified atom stereocenters. The predicted octanol–water partition coefficient (Wildman–Crippen LogP) is 0.912. The standard InChI is InChI=1S/C13H20N2O4/c1-18-9-4-7-15(8-10-19-2)13(17)12-11(16)5-3-6-14-12/h3,5-6,16H,4,7-10H2,1-2H3. The lowest BCUT2D eigenvalue weighted by molar-refractivity contribution is 0.0665. The summed E-state index contributed by atoms with van der Waals surface area (Å²) in [6.45, 7) is 2.00. The van der Waals surface area contributed by atoms with Crippen LogP contribution in [0.5, 0.6) is 5.75 Å². The smallest absolute Gasteiger partial charge is 0.276 e. The maximum absolute atomic E-state index is 12.3. The summed E-state index contributed by atoms with van der Waals surface area (Å²) in [6.07, 6.45) is 2.20. The van der Waals surface area contributed by atoms with Crippen molar-refractivity contribution in [2.75, 3.05) is 40.5 Å². The normalized spacial score (nSPS) is 10.4. The molecule has 0 saturated heterocycles. The minimum absolute atomic E-state index is 0.0658. The second-order valence-electron chi connectivity index (χ2n) is 4.00. The Morgan fingerprint density at radius 1 is 1.32 bits per heavy atom. The molecule has 1 aromatic heterocycles. The van der Waals surface area contributed by atoms with Crippen LogP contribution in [0.25, 0.3) is 0 Å². The van der Waals surface area contributed by atoms with Gasteiger partial charge in [-0.3, -0.25) is 4.79 Å². The van der Waals surface area contributed by atoms with E-state index in [1.165, 1.54) is 12.3 Å². The van der Waals surface area contributed by atoms with Gasteiger partial charge >= 0.3 is 0 Å². The average molecular weight is 268 g/mol. The number of amides is 1. The first-order valence-electron chi connectivity index (χ1n) is 6.11. The Hall–Kier alpha value is -1.66. The second kappa shape index (κ2) is 8.44. The van der Waals surface area contributed by atoms with Gasteiger partial charge in [0.1, 0.15) is 5.75 Å². The minimum atomic E-state index is -0.300. The Morgan fingerprint density at radius 2 is 2.05 bits per heavy atom. The van der Waals surface area contributed by atoms with E-state index in [9.17, 15) is 9.90 Å². The number of carbonyl (C=O) groups is 1.